The van der Waals surface area contributed by atoms with Gasteiger partial charge in [-0.3, -0.25) is 4.90 Å². The molecule has 1 fully saturated rings. The molecule has 0 aliphatic carbocycles. The van der Waals surface area contributed by atoms with Gasteiger partial charge in [0.15, 0.2) is 0 Å². The SMILES string of the molecule is O=C(O)c1ccc2nc(CN3CCC(c4cccc(OCc5ccn6ccnc6c5)n4)CC3)n(CC3=CCO3)c2c1. The molecule has 1 N–H and O–H groups in total. The fourth-order valence-electron chi connectivity index (χ4n) is 5.59. The second kappa shape index (κ2) is 10.7. The van der Waals surface area contributed by atoms with E-state index in [1.807, 2.05) is 47.1 Å². The van der Waals surface area contributed by atoms with E-state index in [-0.39, 0.29) is 5.56 Å². The van der Waals surface area contributed by atoms with Crippen LogP contribution in [0.15, 0.2) is 79.0 Å². The van der Waals surface area contributed by atoms with Crippen molar-refractivity contribution in [1.29, 1.82) is 0 Å². The lowest BCUT2D eigenvalue weighted by molar-refractivity contribution is 0.0697. The highest BCUT2D eigenvalue weighted by Gasteiger charge is 2.25. The third-order valence-corrected chi connectivity index (χ3v) is 7.93. The molecule has 10 heteroatoms. The van der Waals surface area contributed by atoms with Gasteiger partial charge in [0, 0.05) is 36.3 Å². The molecule has 1 saturated heterocycles. The van der Waals surface area contributed by atoms with Gasteiger partial charge in [0.05, 0.1) is 29.7 Å². The number of carbonyl (C=O) groups is 1. The first-order chi connectivity index (χ1) is 20.1. The first-order valence-corrected chi connectivity index (χ1v) is 13.9. The van der Waals surface area contributed by atoms with E-state index < -0.39 is 5.97 Å². The number of carboxylic acid groups (broad SMARTS) is 1. The highest BCUT2D eigenvalue weighted by molar-refractivity contribution is 5.92. The topological polar surface area (TPSA) is 107 Å². The Labute approximate surface area is 236 Å². The Bertz CT molecular complexity index is 1770. The average molecular weight is 551 g/mol. The van der Waals surface area contributed by atoms with Gasteiger partial charge in [-0.05, 0) is 74.0 Å². The van der Waals surface area contributed by atoms with Crippen LogP contribution in [0.3, 0.4) is 0 Å². The van der Waals surface area contributed by atoms with Crippen LogP contribution in [-0.2, 0) is 24.4 Å². The van der Waals surface area contributed by atoms with Crippen molar-refractivity contribution in [1.82, 2.24) is 28.8 Å². The van der Waals surface area contributed by atoms with Crippen molar-refractivity contribution in [2.45, 2.75) is 38.5 Å². The summed E-state index contributed by atoms with van der Waals surface area (Å²) < 4.78 is 15.7. The summed E-state index contributed by atoms with van der Waals surface area (Å²) in [5.74, 6) is 1.86. The summed E-state index contributed by atoms with van der Waals surface area (Å²) >= 11 is 0. The molecule has 0 bridgehead atoms. The summed E-state index contributed by atoms with van der Waals surface area (Å²) in [5, 5.41) is 9.50. The number of ether oxygens (including phenoxy) is 2. The van der Waals surface area contributed by atoms with Crippen LogP contribution in [-0.4, -0.2) is 59.6 Å². The first-order valence-electron chi connectivity index (χ1n) is 13.9. The molecule has 2 aliphatic rings. The summed E-state index contributed by atoms with van der Waals surface area (Å²) in [4.78, 5) is 28.1. The maximum absolute atomic E-state index is 11.6. The monoisotopic (exact) mass is 550 g/mol. The number of piperidine rings is 1. The van der Waals surface area contributed by atoms with Gasteiger partial charge >= 0.3 is 5.97 Å². The summed E-state index contributed by atoms with van der Waals surface area (Å²) in [6, 6.07) is 15.2. The van der Waals surface area contributed by atoms with E-state index >= 15 is 0 Å². The van der Waals surface area contributed by atoms with E-state index in [4.69, 9.17) is 19.4 Å². The van der Waals surface area contributed by atoms with Crippen molar-refractivity contribution in [2.24, 2.45) is 0 Å². The molecule has 6 heterocycles. The average Bonchev–Trinajstić information content (AvgIpc) is 3.57. The van der Waals surface area contributed by atoms with Crippen LogP contribution >= 0.6 is 0 Å². The number of hydrogen-bond acceptors (Lipinski definition) is 7. The van der Waals surface area contributed by atoms with Gasteiger partial charge in [-0.25, -0.2) is 19.7 Å². The molecule has 0 saturated carbocycles. The number of imidazole rings is 2. The van der Waals surface area contributed by atoms with E-state index in [0.717, 1.165) is 65.5 Å². The first kappa shape index (κ1) is 25.3. The number of aromatic carboxylic acids is 1. The number of fused-ring (bicyclic) bond motifs is 2. The van der Waals surface area contributed by atoms with Crippen molar-refractivity contribution in [2.75, 3.05) is 19.7 Å². The van der Waals surface area contributed by atoms with Gasteiger partial charge in [-0.2, -0.15) is 0 Å². The predicted octanol–water partition coefficient (Wildman–Crippen LogP) is 4.65. The van der Waals surface area contributed by atoms with Crippen molar-refractivity contribution >= 4 is 22.6 Å². The molecular weight excluding hydrogens is 520 g/mol. The van der Waals surface area contributed by atoms with Gasteiger partial charge in [0.2, 0.25) is 5.88 Å². The number of nitrogens with zero attached hydrogens (tertiary/aromatic N) is 6. The standard InChI is InChI=1S/C31H30N6O4/c38-31(39)23-4-5-26-27(17-23)37(18-24-9-15-40-24)29(33-26)19-35-11-7-22(8-12-35)25-2-1-3-30(34-25)41-20-21-6-13-36-14-10-32-28(36)16-21/h1-6,9-10,13-14,16-17,22H,7-8,11-12,15,18-20H2,(H,38,39). The molecule has 4 aromatic heterocycles. The number of benzene rings is 1. The number of likely N-dealkylation sites (tertiary alicyclic amines) is 1. The lowest BCUT2D eigenvalue weighted by Gasteiger charge is -2.31. The molecule has 0 spiro atoms. The molecule has 10 nitrogen and oxygen atoms in total. The molecule has 2 aliphatic heterocycles. The Kier molecular flexibility index (Phi) is 6.60. The molecule has 1 aromatic carbocycles. The van der Waals surface area contributed by atoms with E-state index in [1.165, 1.54) is 0 Å². The second-order valence-corrected chi connectivity index (χ2v) is 10.6. The molecule has 7 rings (SSSR count). The van der Waals surface area contributed by atoms with Crippen LogP contribution in [0.1, 0.15) is 46.2 Å². The lowest BCUT2D eigenvalue weighted by atomic mass is 9.93. The number of rotatable bonds is 9. The van der Waals surface area contributed by atoms with Gasteiger partial charge in [0.25, 0.3) is 0 Å². The van der Waals surface area contributed by atoms with Crippen LogP contribution < -0.4 is 4.74 Å². The Hall–Kier alpha value is -4.70. The van der Waals surface area contributed by atoms with Gasteiger partial charge in [-0.15, -0.1) is 0 Å². The zero-order valence-electron chi connectivity index (χ0n) is 22.5. The van der Waals surface area contributed by atoms with Gasteiger partial charge in [0.1, 0.15) is 30.4 Å². The molecule has 208 valence electrons. The van der Waals surface area contributed by atoms with E-state index in [0.29, 0.717) is 38.1 Å². The summed E-state index contributed by atoms with van der Waals surface area (Å²) in [7, 11) is 0. The summed E-state index contributed by atoms with van der Waals surface area (Å²) in [5.41, 5.74) is 4.88. The Morgan fingerprint density at radius 3 is 2.73 bits per heavy atom. The number of aromatic nitrogens is 5. The number of carboxylic acids is 1. The molecule has 41 heavy (non-hydrogen) atoms. The van der Waals surface area contributed by atoms with Crippen LogP contribution in [0.25, 0.3) is 16.7 Å². The smallest absolute Gasteiger partial charge is 0.335 e. The third-order valence-electron chi connectivity index (χ3n) is 7.93. The highest BCUT2D eigenvalue weighted by atomic mass is 16.5. The maximum atomic E-state index is 11.6. The van der Waals surface area contributed by atoms with Gasteiger partial charge in [-0.1, -0.05) is 6.07 Å². The minimum atomic E-state index is -0.943. The molecule has 0 atom stereocenters. The summed E-state index contributed by atoms with van der Waals surface area (Å²) in [6.07, 6.45) is 9.72. The fraction of sp³-hybridized carbons (Fsp3) is 0.290. The van der Waals surface area contributed by atoms with E-state index in [2.05, 4.69) is 20.5 Å². The zero-order chi connectivity index (χ0) is 27.8. The van der Waals surface area contributed by atoms with Crippen LogP contribution in [0, 0.1) is 0 Å². The largest absolute Gasteiger partial charge is 0.492 e. The van der Waals surface area contributed by atoms with E-state index in [9.17, 15) is 9.90 Å². The summed E-state index contributed by atoms with van der Waals surface area (Å²) in [6.45, 7) is 4.14. The van der Waals surface area contributed by atoms with Crippen LogP contribution in [0.2, 0.25) is 0 Å². The third kappa shape index (κ3) is 5.26. The second-order valence-electron chi connectivity index (χ2n) is 10.6. The van der Waals surface area contributed by atoms with Crippen LogP contribution in [0.5, 0.6) is 5.88 Å². The Balaban J connectivity index is 1.01. The normalized spacial score (nSPS) is 16.0. The van der Waals surface area contributed by atoms with E-state index in [1.54, 1.807) is 24.4 Å². The number of pyridine rings is 2. The molecule has 0 unspecified atom stereocenters. The van der Waals surface area contributed by atoms with Crippen molar-refractivity contribution < 1.29 is 19.4 Å². The molecule has 0 amide bonds. The minimum absolute atomic E-state index is 0.257. The van der Waals surface area contributed by atoms with Crippen LogP contribution in [0.4, 0.5) is 0 Å². The fourth-order valence-corrected chi connectivity index (χ4v) is 5.59. The van der Waals surface area contributed by atoms with Crippen molar-refractivity contribution in [3.05, 3.63) is 102 Å². The molecular formula is C31H30N6O4. The van der Waals surface area contributed by atoms with Crippen molar-refractivity contribution in [3.63, 3.8) is 0 Å². The zero-order valence-corrected chi connectivity index (χ0v) is 22.5. The predicted molar refractivity (Wildman–Crippen MR) is 152 cm³/mol. The van der Waals surface area contributed by atoms with Gasteiger partial charge < -0.3 is 23.5 Å². The molecule has 5 aromatic rings. The lowest BCUT2D eigenvalue weighted by Crippen LogP contribution is -2.33. The highest BCUT2D eigenvalue weighted by Crippen LogP contribution is 2.30. The number of hydrogen-bond donors (Lipinski definition) is 1. The Morgan fingerprint density at radius 1 is 1.05 bits per heavy atom. The van der Waals surface area contributed by atoms with Crippen molar-refractivity contribution in [3.8, 4) is 5.88 Å². The Morgan fingerprint density at radius 2 is 1.93 bits per heavy atom. The maximum Gasteiger partial charge on any atom is 0.335 e. The molecule has 0 radical (unpaired) electrons. The minimum Gasteiger partial charge on any atom is -0.492 e. The quantitative estimate of drug-likeness (QED) is 0.283. The number of allylic oxidation sites excluding steroid dienone is 1.